The Labute approximate surface area is 108 Å². The van der Waals surface area contributed by atoms with E-state index in [2.05, 4.69) is 10.3 Å². The predicted octanol–water partition coefficient (Wildman–Crippen LogP) is 1.90. The van der Waals surface area contributed by atoms with Gasteiger partial charge in [-0.05, 0) is 6.07 Å². The van der Waals surface area contributed by atoms with Crippen molar-refractivity contribution in [3.63, 3.8) is 0 Å². The summed E-state index contributed by atoms with van der Waals surface area (Å²) in [5.41, 5.74) is 1.14. The van der Waals surface area contributed by atoms with Gasteiger partial charge in [-0.3, -0.25) is 9.78 Å². The predicted molar refractivity (Wildman–Crippen MR) is 69.0 cm³/mol. The molecule has 0 unspecified atom stereocenters. The molecule has 0 atom stereocenters. The van der Waals surface area contributed by atoms with E-state index < -0.39 is 0 Å². The molecular weight excluding hydrogens is 252 g/mol. The zero-order valence-electron chi connectivity index (χ0n) is 9.71. The van der Waals surface area contributed by atoms with Crippen LogP contribution in [0.4, 0.5) is 5.69 Å². The summed E-state index contributed by atoms with van der Waals surface area (Å²) in [5, 5.41) is 13.6. The Morgan fingerprint density at radius 3 is 3.11 bits per heavy atom. The van der Waals surface area contributed by atoms with E-state index in [-0.39, 0.29) is 12.5 Å². The van der Waals surface area contributed by atoms with E-state index in [0.29, 0.717) is 21.9 Å². The molecule has 2 aromatic rings. The number of hydrogen-bond acceptors (Lipinski definition) is 5. The van der Waals surface area contributed by atoms with Crippen LogP contribution < -0.4 is 10.1 Å². The number of nitrogens with zero attached hydrogens (tertiary/aromatic N) is 1. The van der Waals surface area contributed by atoms with Gasteiger partial charge in [0.25, 0.3) is 5.91 Å². The molecule has 2 rings (SSSR count). The summed E-state index contributed by atoms with van der Waals surface area (Å²) in [7, 11) is 1.55. The molecule has 94 valence electrons. The van der Waals surface area contributed by atoms with E-state index in [1.807, 2.05) is 0 Å². The number of aromatic nitrogens is 1. The van der Waals surface area contributed by atoms with Gasteiger partial charge in [0.1, 0.15) is 5.75 Å². The quantitative estimate of drug-likeness (QED) is 0.884. The minimum absolute atomic E-state index is 0.147. The number of aliphatic hydroxyl groups excluding tert-OH is 1. The van der Waals surface area contributed by atoms with E-state index in [9.17, 15) is 4.79 Å². The summed E-state index contributed by atoms with van der Waals surface area (Å²) in [6.07, 6.45) is 3.07. The summed E-state index contributed by atoms with van der Waals surface area (Å²) in [5.74, 6) is 0.407. The lowest BCUT2D eigenvalue weighted by atomic mass is 10.2. The van der Waals surface area contributed by atoms with Crippen molar-refractivity contribution in [1.29, 1.82) is 0 Å². The first kappa shape index (κ1) is 12.5. The summed E-state index contributed by atoms with van der Waals surface area (Å²) in [6, 6.07) is 3.32. The van der Waals surface area contributed by atoms with Crippen LogP contribution in [0.25, 0.3) is 0 Å². The fourth-order valence-electron chi connectivity index (χ4n) is 1.40. The second-order valence-corrected chi connectivity index (χ2v) is 4.41. The number of ether oxygens (including phenoxy) is 1. The van der Waals surface area contributed by atoms with Crippen LogP contribution in [-0.2, 0) is 6.61 Å². The molecule has 0 fully saturated rings. The lowest BCUT2D eigenvalue weighted by Gasteiger charge is -2.07. The SMILES string of the molecule is COc1csc(C(=O)Nc2cnccc2CO)c1. The highest BCUT2D eigenvalue weighted by atomic mass is 32.1. The second-order valence-electron chi connectivity index (χ2n) is 3.50. The molecule has 2 N–H and O–H groups in total. The maximum absolute atomic E-state index is 11.9. The summed E-state index contributed by atoms with van der Waals surface area (Å²) in [4.78, 5) is 16.4. The molecular formula is C12H12N2O3S. The highest BCUT2D eigenvalue weighted by molar-refractivity contribution is 7.12. The molecule has 6 heteroatoms. The van der Waals surface area contributed by atoms with Gasteiger partial charge < -0.3 is 15.2 Å². The van der Waals surface area contributed by atoms with Gasteiger partial charge in [-0.25, -0.2) is 0 Å². The van der Waals surface area contributed by atoms with Crippen LogP contribution in [0.1, 0.15) is 15.2 Å². The van der Waals surface area contributed by atoms with Crippen molar-refractivity contribution in [3.8, 4) is 5.75 Å². The molecule has 0 aromatic carbocycles. The van der Waals surface area contributed by atoms with Crippen molar-refractivity contribution in [2.75, 3.05) is 12.4 Å². The van der Waals surface area contributed by atoms with Crippen molar-refractivity contribution in [2.45, 2.75) is 6.61 Å². The molecule has 0 aliphatic heterocycles. The Morgan fingerprint density at radius 1 is 1.61 bits per heavy atom. The molecule has 0 aliphatic carbocycles. The van der Waals surface area contributed by atoms with Crippen molar-refractivity contribution in [2.24, 2.45) is 0 Å². The zero-order chi connectivity index (χ0) is 13.0. The monoisotopic (exact) mass is 264 g/mol. The molecule has 0 aliphatic rings. The number of anilines is 1. The van der Waals surface area contributed by atoms with Crippen LogP contribution in [-0.4, -0.2) is 23.1 Å². The Morgan fingerprint density at radius 2 is 2.44 bits per heavy atom. The third kappa shape index (κ3) is 2.66. The maximum atomic E-state index is 11.9. The van der Waals surface area contributed by atoms with Crippen LogP contribution in [0.3, 0.4) is 0 Å². The minimum atomic E-state index is -0.244. The van der Waals surface area contributed by atoms with Crippen molar-refractivity contribution >= 4 is 22.9 Å². The summed E-state index contributed by atoms with van der Waals surface area (Å²) < 4.78 is 5.02. The van der Waals surface area contributed by atoms with Gasteiger partial charge >= 0.3 is 0 Å². The fraction of sp³-hybridized carbons (Fsp3) is 0.167. The smallest absolute Gasteiger partial charge is 0.265 e. The number of thiophene rings is 1. The fourth-order valence-corrected chi connectivity index (χ4v) is 2.15. The van der Waals surface area contributed by atoms with E-state index in [1.165, 1.54) is 17.5 Å². The van der Waals surface area contributed by atoms with E-state index in [4.69, 9.17) is 9.84 Å². The standard InChI is InChI=1S/C12H12N2O3S/c1-17-9-4-11(18-7-9)12(16)14-10-5-13-3-2-8(10)6-15/h2-5,7,15H,6H2,1H3,(H,14,16). The number of rotatable bonds is 4. The molecule has 2 aromatic heterocycles. The highest BCUT2D eigenvalue weighted by Crippen LogP contribution is 2.22. The zero-order valence-corrected chi connectivity index (χ0v) is 10.5. The van der Waals surface area contributed by atoms with E-state index in [1.54, 1.807) is 30.8 Å². The summed E-state index contributed by atoms with van der Waals surface area (Å²) in [6.45, 7) is -0.147. The van der Waals surface area contributed by atoms with E-state index in [0.717, 1.165) is 0 Å². The molecule has 2 heterocycles. The Kier molecular flexibility index (Phi) is 3.91. The average molecular weight is 264 g/mol. The topological polar surface area (TPSA) is 71.5 Å². The van der Waals surface area contributed by atoms with Crippen molar-refractivity contribution in [3.05, 3.63) is 40.3 Å². The number of pyridine rings is 1. The maximum Gasteiger partial charge on any atom is 0.265 e. The second kappa shape index (κ2) is 5.61. The average Bonchev–Trinajstić information content (AvgIpc) is 2.88. The van der Waals surface area contributed by atoms with Crippen LogP contribution >= 0.6 is 11.3 Å². The molecule has 0 spiro atoms. The van der Waals surface area contributed by atoms with E-state index >= 15 is 0 Å². The number of nitrogens with one attached hydrogen (secondary N) is 1. The third-order valence-electron chi connectivity index (χ3n) is 2.36. The number of carbonyl (C=O) groups excluding carboxylic acids is 1. The number of aliphatic hydroxyl groups is 1. The highest BCUT2D eigenvalue weighted by Gasteiger charge is 2.11. The van der Waals surface area contributed by atoms with Gasteiger partial charge in [-0.2, -0.15) is 0 Å². The molecule has 0 saturated carbocycles. The van der Waals surface area contributed by atoms with Crippen LogP contribution in [0.15, 0.2) is 29.9 Å². The molecule has 0 saturated heterocycles. The van der Waals surface area contributed by atoms with Gasteiger partial charge in [0.2, 0.25) is 0 Å². The van der Waals surface area contributed by atoms with Crippen LogP contribution in [0, 0.1) is 0 Å². The first-order chi connectivity index (χ1) is 8.74. The van der Waals surface area contributed by atoms with Crippen molar-refractivity contribution in [1.82, 2.24) is 4.98 Å². The number of hydrogen-bond donors (Lipinski definition) is 2. The number of methoxy groups -OCH3 is 1. The van der Waals surface area contributed by atoms with Crippen LogP contribution in [0.5, 0.6) is 5.75 Å². The Hall–Kier alpha value is -1.92. The lowest BCUT2D eigenvalue weighted by Crippen LogP contribution is -2.12. The molecule has 18 heavy (non-hydrogen) atoms. The largest absolute Gasteiger partial charge is 0.496 e. The number of amides is 1. The molecule has 1 amide bonds. The molecule has 0 radical (unpaired) electrons. The Bertz CT molecular complexity index is 554. The minimum Gasteiger partial charge on any atom is -0.496 e. The number of carbonyl (C=O) groups is 1. The van der Waals surface area contributed by atoms with Gasteiger partial charge in [0.15, 0.2) is 0 Å². The lowest BCUT2D eigenvalue weighted by molar-refractivity contribution is 0.103. The van der Waals surface area contributed by atoms with Gasteiger partial charge in [0.05, 0.1) is 30.5 Å². The van der Waals surface area contributed by atoms with Gasteiger partial charge in [0, 0.05) is 23.2 Å². The summed E-state index contributed by atoms with van der Waals surface area (Å²) >= 11 is 1.29. The third-order valence-corrected chi connectivity index (χ3v) is 3.27. The van der Waals surface area contributed by atoms with Gasteiger partial charge in [-0.1, -0.05) is 0 Å². The Balaban J connectivity index is 2.16. The normalized spacial score (nSPS) is 10.1. The first-order valence-corrected chi connectivity index (χ1v) is 6.10. The van der Waals surface area contributed by atoms with Crippen LogP contribution in [0.2, 0.25) is 0 Å². The van der Waals surface area contributed by atoms with Crippen molar-refractivity contribution < 1.29 is 14.6 Å². The van der Waals surface area contributed by atoms with Gasteiger partial charge in [-0.15, -0.1) is 11.3 Å². The first-order valence-electron chi connectivity index (χ1n) is 5.22. The molecule has 5 nitrogen and oxygen atoms in total. The molecule has 0 bridgehead atoms.